The number of carboxylic acid groups (broad SMARTS) is 1. The lowest BCUT2D eigenvalue weighted by atomic mass is 10.1. The summed E-state index contributed by atoms with van der Waals surface area (Å²) in [5, 5.41) is 10.1. The Kier molecular flexibility index (Phi) is 5.99. The third kappa shape index (κ3) is 4.01. The van der Waals surface area contributed by atoms with E-state index in [1.165, 1.54) is 0 Å². The smallest absolute Gasteiger partial charge is 0.340 e. The van der Waals surface area contributed by atoms with Gasteiger partial charge in [0.25, 0.3) is 0 Å². The average Bonchev–Trinajstić information content (AvgIpc) is 2.98. The van der Waals surface area contributed by atoms with Crippen LogP contribution in [-0.2, 0) is 28.9 Å². The monoisotopic (exact) mass is 381 g/mol. The average molecular weight is 381 g/mol. The summed E-state index contributed by atoms with van der Waals surface area (Å²) in [7, 11) is 1.55. The maximum absolute atomic E-state index is 12.7. The van der Waals surface area contributed by atoms with Crippen LogP contribution in [0, 0.1) is 0 Å². The molecule has 0 unspecified atom stereocenters. The van der Waals surface area contributed by atoms with Crippen molar-refractivity contribution in [2.75, 3.05) is 13.7 Å². The Morgan fingerprint density at radius 3 is 2.50 bits per heavy atom. The minimum Gasteiger partial charge on any atom is -0.497 e. The van der Waals surface area contributed by atoms with E-state index in [1.807, 2.05) is 41.0 Å². The molecule has 3 aromatic rings. The molecule has 3 rings (SSSR count). The van der Waals surface area contributed by atoms with Crippen LogP contribution < -0.4 is 4.74 Å². The number of hydrogen-bond donors (Lipinski definition) is 1. The van der Waals surface area contributed by atoms with Crippen molar-refractivity contribution in [2.24, 2.45) is 0 Å². The zero-order valence-corrected chi connectivity index (χ0v) is 16.0. The van der Waals surface area contributed by atoms with Crippen LogP contribution in [0.1, 0.15) is 28.5 Å². The van der Waals surface area contributed by atoms with Crippen LogP contribution in [0.25, 0.3) is 10.9 Å². The predicted octanol–water partition coefficient (Wildman–Crippen LogP) is 3.70. The molecule has 0 radical (unpaired) electrons. The van der Waals surface area contributed by atoms with Gasteiger partial charge in [0.1, 0.15) is 5.75 Å². The van der Waals surface area contributed by atoms with E-state index >= 15 is 0 Å². The summed E-state index contributed by atoms with van der Waals surface area (Å²) in [6.07, 6.45) is 0.450. The lowest BCUT2D eigenvalue weighted by Crippen LogP contribution is -2.15. The Morgan fingerprint density at radius 1 is 1.11 bits per heavy atom. The number of esters is 1. The van der Waals surface area contributed by atoms with Gasteiger partial charge < -0.3 is 19.1 Å². The fourth-order valence-electron chi connectivity index (χ4n) is 3.41. The molecule has 1 heterocycles. The second-order valence-electron chi connectivity index (χ2n) is 6.38. The van der Waals surface area contributed by atoms with Crippen molar-refractivity contribution in [3.05, 3.63) is 65.4 Å². The molecule has 0 amide bonds. The maximum Gasteiger partial charge on any atom is 0.340 e. The number of nitrogens with zero attached hydrogens (tertiary/aromatic N) is 1. The van der Waals surface area contributed by atoms with Crippen LogP contribution in [0.5, 0.6) is 5.75 Å². The highest BCUT2D eigenvalue weighted by atomic mass is 16.5. The largest absolute Gasteiger partial charge is 0.497 e. The molecule has 6 nitrogen and oxygen atoms in total. The minimum absolute atomic E-state index is 0.214. The molecule has 0 aliphatic rings. The van der Waals surface area contributed by atoms with Gasteiger partial charge in [0.05, 0.1) is 25.7 Å². The van der Waals surface area contributed by atoms with Gasteiger partial charge in [0.15, 0.2) is 0 Å². The topological polar surface area (TPSA) is 77.8 Å². The standard InChI is InChI=1S/C22H23NO5/c1-3-28-22(26)21-17-13-16(27-2)9-10-18(17)23(19(21)14-20(24)25)12-11-15-7-5-4-6-8-15/h4-10,13H,3,11-12,14H2,1-2H3,(H,24,25). The molecule has 1 aromatic heterocycles. The number of rotatable bonds is 8. The Labute approximate surface area is 163 Å². The van der Waals surface area contributed by atoms with E-state index in [1.54, 1.807) is 26.2 Å². The van der Waals surface area contributed by atoms with Crippen LogP contribution in [0.2, 0.25) is 0 Å². The number of aromatic nitrogens is 1. The van der Waals surface area contributed by atoms with Crippen LogP contribution in [-0.4, -0.2) is 35.3 Å². The first-order valence-corrected chi connectivity index (χ1v) is 9.17. The number of hydrogen-bond acceptors (Lipinski definition) is 4. The van der Waals surface area contributed by atoms with E-state index in [9.17, 15) is 14.7 Å². The number of carbonyl (C=O) groups excluding carboxylic acids is 1. The number of carboxylic acids is 1. The van der Waals surface area contributed by atoms with Crippen LogP contribution in [0.15, 0.2) is 48.5 Å². The van der Waals surface area contributed by atoms with Gasteiger partial charge in [-0.2, -0.15) is 0 Å². The SMILES string of the molecule is CCOC(=O)c1c(CC(=O)O)n(CCc2ccccc2)c2ccc(OC)cc12. The molecule has 0 atom stereocenters. The number of ether oxygens (including phenoxy) is 2. The summed E-state index contributed by atoms with van der Waals surface area (Å²) in [6, 6.07) is 15.4. The van der Waals surface area contributed by atoms with Crippen LogP contribution in [0.3, 0.4) is 0 Å². The molecule has 146 valence electrons. The molecule has 0 fully saturated rings. The lowest BCUT2D eigenvalue weighted by molar-refractivity contribution is -0.136. The number of aliphatic carboxylic acids is 1. The number of aryl methyl sites for hydroxylation is 2. The van der Waals surface area contributed by atoms with E-state index < -0.39 is 11.9 Å². The van der Waals surface area contributed by atoms with Crippen molar-refractivity contribution in [3.8, 4) is 5.75 Å². The van der Waals surface area contributed by atoms with Gasteiger partial charge >= 0.3 is 11.9 Å². The van der Waals surface area contributed by atoms with Crippen molar-refractivity contribution in [1.29, 1.82) is 0 Å². The number of fused-ring (bicyclic) bond motifs is 1. The Balaban J connectivity index is 2.15. The van der Waals surface area contributed by atoms with Crippen molar-refractivity contribution >= 4 is 22.8 Å². The zero-order valence-electron chi connectivity index (χ0n) is 16.0. The highest BCUT2D eigenvalue weighted by Crippen LogP contribution is 2.31. The second kappa shape index (κ2) is 8.61. The predicted molar refractivity (Wildman–Crippen MR) is 106 cm³/mol. The third-order valence-electron chi connectivity index (χ3n) is 4.64. The normalized spacial score (nSPS) is 10.8. The molecule has 0 bridgehead atoms. The van der Waals surface area contributed by atoms with Gasteiger partial charge in [-0.25, -0.2) is 4.79 Å². The summed E-state index contributed by atoms with van der Waals surface area (Å²) < 4.78 is 12.4. The first-order valence-electron chi connectivity index (χ1n) is 9.17. The van der Waals surface area contributed by atoms with Gasteiger partial charge in [-0.3, -0.25) is 4.79 Å². The van der Waals surface area contributed by atoms with Crippen LogP contribution in [0.4, 0.5) is 0 Å². The number of carbonyl (C=O) groups is 2. The molecule has 0 aliphatic heterocycles. The Bertz CT molecular complexity index is 991. The minimum atomic E-state index is -0.999. The van der Waals surface area contributed by atoms with E-state index in [4.69, 9.17) is 9.47 Å². The van der Waals surface area contributed by atoms with Gasteiger partial charge in [-0.15, -0.1) is 0 Å². The second-order valence-corrected chi connectivity index (χ2v) is 6.38. The third-order valence-corrected chi connectivity index (χ3v) is 4.64. The lowest BCUT2D eigenvalue weighted by Gasteiger charge is -2.11. The first-order chi connectivity index (χ1) is 13.5. The number of methoxy groups -OCH3 is 1. The van der Waals surface area contributed by atoms with E-state index in [2.05, 4.69) is 0 Å². The maximum atomic E-state index is 12.7. The molecule has 0 saturated carbocycles. The summed E-state index contributed by atoms with van der Waals surface area (Å²) in [6.45, 7) is 2.49. The fourth-order valence-corrected chi connectivity index (χ4v) is 3.41. The quantitative estimate of drug-likeness (QED) is 0.602. The Morgan fingerprint density at radius 2 is 1.86 bits per heavy atom. The summed E-state index contributed by atoms with van der Waals surface area (Å²) >= 11 is 0. The van der Waals surface area contributed by atoms with E-state index in [0.29, 0.717) is 35.4 Å². The van der Waals surface area contributed by atoms with Gasteiger partial charge in [-0.05, 0) is 37.1 Å². The van der Waals surface area contributed by atoms with Crippen molar-refractivity contribution in [1.82, 2.24) is 4.57 Å². The van der Waals surface area contributed by atoms with Crippen LogP contribution >= 0.6 is 0 Å². The van der Waals surface area contributed by atoms with E-state index in [-0.39, 0.29) is 13.0 Å². The molecular formula is C22H23NO5. The van der Waals surface area contributed by atoms with Crippen molar-refractivity contribution < 1.29 is 24.2 Å². The van der Waals surface area contributed by atoms with Crippen molar-refractivity contribution in [3.63, 3.8) is 0 Å². The molecule has 2 aromatic carbocycles. The molecule has 1 N–H and O–H groups in total. The fraction of sp³-hybridized carbons (Fsp3) is 0.273. The zero-order chi connectivity index (χ0) is 20.1. The van der Waals surface area contributed by atoms with Gasteiger partial charge in [0, 0.05) is 23.1 Å². The summed E-state index contributed by atoms with van der Waals surface area (Å²) in [5.74, 6) is -0.920. The highest BCUT2D eigenvalue weighted by Gasteiger charge is 2.25. The summed E-state index contributed by atoms with van der Waals surface area (Å²) in [5.41, 5.74) is 2.67. The molecule has 0 saturated heterocycles. The molecular weight excluding hydrogens is 358 g/mol. The molecule has 0 aliphatic carbocycles. The van der Waals surface area contributed by atoms with E-state index in [0.717, 1.165) is 11.1 Å². The highest BCUT2D eigenvalue weighted by molar-refractivity contribution is 6.07. The number of benzene rings is 2. The van der Waals surface area contributed by atoms with Crippen molar-refractivity contribution in [2.45, 2.75) is 26.3 Å². The molecule has 28 heavy (non-hydrogen) atoms. The summed E-state index contributed by atoms with van der Waals surface area (Å²) in [4.78, 5) is 24.2. The molecule has 0 spiro atoms. The molecule has 6 heteroatoms. The van der Waals surface area contributed by atoms with Gasteiger partial charge in [-0.1, -0.05) is 30.3 Å². The first kappa shape index (κ1) is 19.5. The Hall–Kier alpha value is -3.28. The van der Waals surface area contributed by atoms with Gasteiger partial charge in [0.2, 0.25) is 0 Å².